The Balaban J connectivity index is 1.95. The van der Waals surface area contributed by atoms with E-state index in [1.54, 1.807) is 0 Å². The minimum atomic E-state index is -3.35. The van der Waals surface area contributed by atoms with Crippen molar-refractivity contribution in [3.63, 3.8) is 0 Å². The third kappa shape index (κ3) is 4.03. The van der Waals surface area contributed by atoms with E-state index in [9.17, 15) is 18.4 Å². The Morgan fingerprint density at radius 2 is 2.04 bits per heavy atom. The quantitative estimate of drug-likeness (QED) is 0.634. The third-order valence-corrected chi connectivity index (χ3v) is 4.35. The Morgan fingerprint density at radius 1 is 1.26 bits per heavy atom. The van der Waals surface area contributed by atoms with Crippen molar-refractivity contribution in [1.29, 1.82) is 0 Å². The second-order valence-corrected chi connectivity index (χ2v) is 6.40. The standard InChI is InChI=1S/C19H16ClF2NO4/c1-11(24)23-7-8-26-18(25)17-12-5-6-16(20)15(9-12)19(21,22)13-3-2-4-14(10-13)27-17/h2-6,9-10,17H,7-8H2,1H3,(H,23,24). The molecule has 0 spiro atoms. The maximum Gasteiger partial charge on any atom is 0.352 e. The second kappa shape index (κ2) is 7.52. The van der Waals surface area contributed by atoms with Crippen LogP contribution in [0.5, 0.6) is 5.75 Å². The first-order valence-corrected chi connectivity index (χ1v) is 8.53. The summed E-state index contributed by atoms with van der Waals surface area (Å²) >= 11 is 5.99. The average Bonchev–Trinajstić information content (AvgIpc) is 2.65. The number of rotatable bonds is 4. The Labute approximate surface area is 159 Å². The van der Waals surface area contributed by atoms with Crippen molar-refractivity contribution < 1.29 is 27.8 Å². The van der Waals surface area contributed by atoms with Crippen LogP contribution in [0.1, 0.15) is 29.7 Å². The van der Waals surface area contributed by atoms with Crippen molar-refractivity contribution in [2.24, 2.45) is 0 Å². The van der Waals surface area contributed by atoms with Crippen molar-refractivity contribution in [1.82, 2.24) is 5.32 Å². The smallest absolute Gasteiger partial charge is 0.352 e. The van der Waals surface area contributed by atoms with Crippen LogP contribution in [-0.2, 0) is 20.2 Å². The summed E-state index contributed by atoms with van der Waals surface area (Å²) < 4.78 is 40.6. The molecule has 1 heterocycles. The molecule has 1 atom stereocenters. The van der Waals surface area contributed by atoms with Crippen molar-refractivity contribution >= 4 is 23.5 Å². The van der Waals surface area contributed by atoms with Crippen LogP contribution in [0.4, 0.5) is 8.78 Å². The number of fused-ring (bicyclic) bond motifs is 4. The zero-order valence-corrected chi connectivity index (χ0v) is 15.1. The first kappa shape index (κ1) is 19.1. The summed E-state index contributed by atoms with van der Waals surface area (Å²) in [6.07, 6.45) is -1.25. The number of halogens is 3. The topological polar surface area (TPSA) is 64.6 Å². The van der Waals surface area contributed by atoms with Crippen LogP contribution >= 0.6 is 11.6 Å². The first-order valence-electron chi connectivity index (χ1n) is 8.15. The van der Waals surface area contributed by atoms with Crippen LogP contribution in [0.25, 0.3) is 0 Å². The molecule has 0 aromatic heterocycles. The molecule has 8 heteroatoms. The predicted molar refractivity (Wildman–Crippen MR) is 93.9 cm³/mol. The zero-order valence-electron chi connectivity index (χ0n) is 14.3. The van der Waals surface area contributed by atoms with Crippen LogP contribution in [0.3, 0.4) is 0 Å². The molecule has 142 valence electrons. The van der Waals surface area contributed by atoms with E-state index in [4.69, 9.17) is 21.1 Å². The summed E-state index contributed by atoms with van der Waals surface area (Å²) in [5, 5.41) is 2.37. The molecule has 1 aliphatic heterocycles. The molecular formula is C19H16ClF2NO4. The number of amides is 1. The van der Waals surface area contributed by atoms with Gasteiger partial charge in [-0.25, -0.2) is 4.79 Å². The number of hydrogen-bond donors (Lipinski definition) is 1. The molecule has 1 N–H and O–H groups in total. The van der Waals surface area contributed by atoms with Crippen molar-refractivity contribution in [2.45, 2.75) is 19.0 Å². The summed E-state index contributed by atoms with van der Waals surface area (Å²) in [6, 6.07) is 9.22. The molecule has 4 bridgehead atoms. The molecule has 1 amide bonds. The lowest BCUT2D eigenvalue weighted by Crippen LogP contribution is -2.28. The Bertz CT molecular complexity index is 888. The molecule has 0 fully saturated rings. The fraction of sp³-hybridized carbons (Fsp3) is 0.263. The Morgan fingerprint density at radius 3 is 2.78 bits per heavy atom. The maximum atomic E-state index is 14.9. The lowest BCUT2D eigenvalue weighted by Gasteiger charge is -2.19. The van der Waals surface area contributed by atoms with Gasteiger partial charge in [-0.15, -0.1) is 0 Å². The van der Waals surface area contributed by atoms with Crippen LogP contribution in [0.2, 0.25) is 5.02 Å². The van der Waals surface area contributed by atoms with Crippen molar-refractivity contribution in [2.75, 3.05) is 13.2 Å². The molecule has 1 unspecified atom stereocenters. The molecule has 3 rings (SSSR count). The summed E-state index contributed by atoms with van der Waals surface area (Å²) in [6.45, 7) is 1.40. The van der Waals surface area contributed by atoms with E-state index >= 15 is 0 Å². The number of nitrogens with one attached hydrogen (secondary N) is 1. The summed E-state index contributed by atoms with van der Waals surface area (Å²) in [7, 11) is 0. The molecule has 0 aliphatic carbocycles. The van der Waals surface area contributed by atoms with Gasteiger partial charge in [0.2, 0.25) is 12.0 Å². The minimum absolute atomic E-state index is 0.0745. The van der Waals surface area contributed by atoms with Crippen molar-refractivity contribution in [3.05, 3.63) is 64.2 Å². The number of carbonyl (C=O) groups excluding carboxylic acids is 2. The van der Waals surface area contributed by atoms with Gasteiger partial charge in [0.1, 0.15) is 12.4 Å². The minimum Gasteiger partial charge on any atom is -0.474 e. The molecule has 0 saturated carbocycles. The van der Waals surface area contributed by atoms with Gasteiger partial charge in [-0.1, -0.05) is 29.8 Å². The number of benzene rings is 2. The first-order chi connectivity index (χ1) is 12.8. The fourth-order valence-electron chi connectivity index (χ4n) is 2.71. The molecule has 5 nitrogen and oxygen atoms in total. The molecule has 1 aliphatic rings. The number of esters is 1. The molecule has 2 aromatic rings. The van der Waals surface area contributed by atoms with Crippen LogP contribution in [-0.4, -0.2) is 25.0 Å². The Hall–Kier alpha value is -2.67. The number of alkyl halides is 2. The van der Waals surface area contributed by atoms with Gasteiger partial charge in [0.15, 0.2) is 0 Å². The van der Waals surface area contributed by atoms with Gasteiger partial charge in [-0.2, -0.15) is 8.78 Å². The molecular weight excluding hydrogens is 380 g/mol. The molecule has 0 radical (unpaired) electrons. The van der Waals surface area contributed by atoms with Gasteiger partial charge in [-0.05, 0) is 24.3 Å². The van der Waals surface area contributed by atoms with E-state index < -0.39 is 23.6 Å². The van der Waals surface area contributed by atoms with E-state index in [0.717, 1.165) is 6.07 Å². The summed E-state index contributed by atoms with van der Waals surface area (Å²) in [5.41, 5.74) is -0.514. The van der Waals surface area contributed by atoms with E-state index in [2.05, 4.69) is 5.32 Å². The van der Waals surface area contributed by atoms with Gasteiger partial charge in [0.25, 0.3) is 5.92 Å². The van der Waals surface area contributed by atoms with E-state index in [-0.39, 0.29) is 41.0 Å². The predicted octanol–water partition coefficient (Wildman–Crippen LogP) is 3.59. The average molecular weight is 396 g/mol. The van der Waals surface area contributed by atoms with Gasteiger partial charge in [0, 0.05) is 23.6 Å². The highest BCUT2D eigenvalue weighted by Crippen LogP contribution is 2.43. The normalized spacial score (nSPS) is 17.0. The van der Waals surface area contributed by atoms with E-state index in [1.807, 2.05) is 0 Å². The van der Waals surface area contributed by atoms with Crippen molar-refractivity contribution in [3.8, 4) is 5.75 Å². The Kier molecular flexibility index (Phi) is 5.32. The van der Waals surface area contributed by atoms with E-state index in [0.29, 0.717) is 0 Å². The molecule has 2 aromatic carbocycles. The second-order valence-electron chi connectivity index (χ2n) is 5.99. The molecule has 0 saturated heterocycles. The SMILES string of the molecule is CC(=O)NCCOC(=O)C1Oc2cccc(c2)C(F)(F)c2cc1ccc2Cl. The lowest BCUT2D eigenvalue weighted by atomic mass is 9.97. The fourth-order valence-corrected chi connectivity index (χ4v) is 2.95. The van der Waals surface area contributed by atoms with E-state index in [1.165, 1.54) is 43.3 Å². The number of carbonyl (C=O) groups is 2. The van der Waals surface area contributed by atoms with Gasteiger partial charge < -0.3 is 14.8 Å². The van der Waals surface area contributed by atoms with Gasteiger partial charge in [-0.3, -0.25) is 4.79 Å². The monoisotopic (exact) mass is 395 g/mol. The zero-order chi connectivity index (χ0) is 19.6. The largest absolute Gasteiger partial charge is 0.474 e. The number of ether oxygens (including phenoxy) is 2. The number of hydrogen-bond acceptors (Lipinski definition) is 4. The highest BCUT2D eigenvalue weighted by atomic mass is 35.5. The van der Waals surface area contributed by atoms with Crippen LogP contribution in [0.15, 0.2) is 42.5 Å². The van der Waals surface area contributed by atoms with Crippen LogP contribution < -0.4 is 10.1 Å². The summed E-state index contributed by atoms with van der Waals surface area (Å²) in [5.74, 6) is -4.26. The lowest BCUT2D eigenvalue weighted by molar-refractivity contribution is -0.152. The highest BCUT2D eigenvalue weighted by molar-refractivity contribution is 6.31. The third-order valence-electron chi connectivity index (χ3n) is 4.02. The summed E-state index contributed by atoms with van der Waals surface area (Å²) in [4.78, 5) is 23.3. The molecule has 27 heavy (non-hydrogen) atoms. The maximum absolute atomic E-state index is 14.9. The van der Waals surface area contributed by atoms with Gasteiger partial charge in [0.05, 0.1) is 11.6 Å². The van der Waals surface area contributed by atoms with Crippen LogP contribution in [0, 0.1) is 0 Å². The highest BCUT2D eigenvalue weighted by Gasteiger charge is 2.39. The van der Waals surface area contributed by atoms with Gasteiger partial charge >= 0.3 is 5.97 Å².